The molecule has 0 saturated carbocycles. The number of aromatic carboxylic acids is 1. The van der Waals surface area contributed by atoms with E-state index < -0.39 is 39.4 Å². The van der Waals surface area contributed by atoms with Gasteiger partial charge in [-0.05, 0) is 0 Å². The number of carboxylic acids is 1. The summed E-state index contributed by atoms with van der Waals surface area (Å²) >= 11 is -6.03. The normalized spacial score (nSPS) is 11.2. The van der Waals surface area contributed by atoms with Gasteiger partial charge in [0.1, 0.15) is 0 Å². The van der Waals surface area contributed by atoms with Crippen LogP contribution in [0.15, 0.2) is 60.7 Å². The summed E-state index contributed by atoms with van der Waals surface area (Å²) in [5, 5.41) is 9.37. The van der Waals surface area contributed by atoms with Crippen molar-refractivity contribution in [3.8, 4) is 0 Å². The zero-order chi connectivity index (χ0) is 34.2. The SMILES string of the molecule is Cc1cc(C)c([C](=O)[Ge]([O]C(=O)c2ccc(C(=O)O)cc2)([C](=O)c2c(C)cc(C)cc2C)[C](=O)c2c(C)cc(C)cc2C)c(C)c1. The third kappa shape index (κ3) is 6.24. The minimum atomic E-state index is -6.03. The van der Waals surface area contributed by atoms with Gasteiger partial charge >= 0.3 is 273 Å². The van der Waals surface area contributed by atoms with E-state index in [1.807, 2.05) is 20.8 Å². The van der Waals surface area contributed by atoms with E-state index in [0.29, 0.717) is 33.4 Å². The summed E-state index contributed by atoms with van der Waals surface area (Å²) in [7, 11) is 0. The van der Waals surface area contributed by atoms with Crippen LogP contribution in [0.3, 0.4) is 0 Å². The molecule has 1 N–H and O–H groups in total. The van der Waals surface area contributed by atoms with Gasteiger partial charge in [0.05, 0.1) is 0 Å². The van der Waals surface area contributed by atoms with E-state index in [0.717, 1.165) is 16.7 Å². The number of carboxylic acid groups (broad SMARTS) is 1. The first-order valence-electron chi connectivity index (χ1n) is 14.9. The Morgan fingerprint density at radius 1 is 0.478 bits per heavy atom. The fourth-order valence-electron chi connectivity index (χ4n) is 6.54. The molecule has 0 fully saturated rings. The molecule has 0 radical (unpaired) electrons. The molecule has 0 bridgehead atoms. The molecule has 0 spiro atoms. The van der Waals surface area contributed by atoms with E-state index in [1.165, 1.54) is 24.3 Å². The average Bonchev–Trinajstić information content (AvgIpc) is 2.94. The molecule has 0 heterocycles. The fourth-order valence-corrected chi connectivity index (χ4v) is 13.9. The Labute approximate surface area is 272 Å². The molecule has 0 saturated heterocycles. The number of hydrogen-bond donors (Lipinski definition) is 1. The molecule has 46 heavy (non-hydrogen) atoms. The van der Waals surface area contributed by atoms with Crippen molar-refractivity contribution < 1.29 is 32.8 Å². The topological polar surface area (TPSA) is 115 Å². The predicted molar refractivity (Wildman–Crippen MR) is 180 cm³/mol. The molecular formula is C38H38GeO7. The van der Waals surface area contributed by atoms with Gasteiger partial charge in [-0.3, -0.25) is 0 Å². The maximum absolute atomic E-state index is 15.2. The summed E-state index contributed by atoms with van der Waals surface area (Å²) in [6.07, 6.45) is 0. The van der Waals surface area contributed by atoms with Crippen LogP contribution in [0, 0.1) is 62.3 Å². The Bertz CT molecular complexity index is 1710. The Balaban J connectivity index is 2.13. The van der Waals surface area contributed by atoms with Crippen molar-refractivity contribution in [3.05, 3.63) is 139 Å². The third-order valence-electron chi connectivity index (χ3n) is 8.28. The van der Waals surface area contributed by atoms with E-state index in [2.05, 4.69) is 0 Å². The van der Waals surface area contributed by atoms with Gasteiger partial charge in [-0.15, -0.1) is 0 Å². The molecule has 8 heteroatoms. The Hall–Kier alpha value is -4.63. The molecule has 4 rings (SSSR count). The molecular weight excluding hydrogens is 641 g/mol. The van der Waals surface area contributed by atoms with Crippen LogP contribution in [0.1, 0.15) is 102 Å². The zero-order valence-electron chi connectivity index (χ0n) is 27.7. The van der Waals surface area contributed by atoms with Crippen LogP contribution in [-0.4, -0.2) is 44.5 Å². The second-order valence-electron chi connectivity index (χ2n) is 12.3. The molecule has 236 valence electrons. The molecule has 0 unspecified atom stereocenters. The van der Waals surface area contributed by atoms with E-state index in [-0.39, 0.29) is 27.8 Å². The summed E-state index contributed by atoms with van der Waals surface area (Å²) < 4.78 is 3.95. The summed E-state index contributed by atoms with van der Waals surface area (Å²) in [4.78, 5) is 71.2. The summed E-state index contributed by atoms with van der Waals surface area (Å²) in [5.74, 6) is -2.23. The third-order valence-corrected chi connectivity index (χ3v) is 14.9. The van der Waals surface area contributed by atoms with Crippen molar-refractivity contribution in [3.63, 3.8) is 0 Å². The number of carbonyl (C=O) groups excluding carboxylic acids is 4. The molecule has 0 atom stereocenters. The van der Waals surface area contributed by atoms with E-state index in [4.69, 9.17) is 3.76 Å². The van der Waals surface area contributed by atoms with Crippen molar-refractivity contribution in [2.75, 3.05) is 0 Å². The summed E-state index contributed by atoms with van der Waals surface area (Å²) in [6, 6.07) is 15.8. The van der Waals surface area contributed by atoms with Crippen molar-refractivity contribution in [1.29, 1.82) is 0 Å². The standard InChI is InChI=1S/C38H38GeO7/c1-20-14-23(4)31(24(5)15-20)34(40)39(35(41)32-25(6)16-21(2)17-26(32)7,36(42)33-27(8)18-22(3)19-28(33)9)46-38(45)30-12-10-29(11-13-30)37(43)44/h10-19H,1-9H3,(H,43,44). The van der Waals surface area contributed by atoms with Crippen molar-refractivity contribution in [2.24, 2.45) is 0 Å². The Morgan fingerprint density at radius 2 is 0.739 bits per heavy atom. The number of hydrogen-bond acceptors (Lipinski definition) is 6. The van der Waals surface area contributed by atoms with Crippen LogP contribution in [0.5, 0.6) is 0 Å². The summed E-state index contributed by atoms with van der Waals surface area (Å²) in [6.45, 7) is 16.1. The molecule has 7 nitrogen and oxygen atoms in total. The Kier molecular flexibility index (Phi) is 9.68. The van der Waals surface area contributed by atoms with E-state index >= 15 is 14.4 Å². The second-order valence-corrected chi connectivity index (χ2v) is 18.4. The molecule has 0 amide bonds. The minimum absolute atomic E-state index is 0.0599. The van der Waals surface area contributed by atoms with Crippen LogP contribution in [-0.2, 0) is 3.76 Å². The number of aryl methyl sites for hydroxylation is 9. The fraction of sp³-hybridized carbons (Fsp3) is 0.237. The van der Waals surface area contributed by atoms with Crippen LogP contribution >= 0.6 is 0 Å². The predicted octanol–water partition coefficient (Wildman–Crippen LogP) is 7.53. The van der Waals surface area contributed by atoms with Gasteiger partial charge < -0.3 is 0 Å². The number of carbonyl (C=O) groups is 5. The summed E-state index contributed by atoms with van der Waals surface area (Å²) in [5.41, 5.74) is 6.49. The molecule has 0 aliphatic carbocycles. The van der Waals surface area contributed by atoms with E-state index in [9.17, 15) is 14.7 Å². The van der Waals surface area contributed by atoms with Crippen molar-refractivity contribution in [1.82, 2.24) is 0 Å². The number of rotatable bonds is 9. The van der Waals surface area contributed by atoms with E-state index in [1.54, 1.807) is 77.9 Å². The second kappa shape index (κ2) is 13.0. The monoisotopic (exact) mass is 680 g/mol. The van der Waals surface area contributed by atoms with Gasteiger partial charge in [0.2, 0.25) is 0 Å². The molecule has 0 aliphatic rings. The molecule has 0 aromatic heterocycles. The van der Waals surface area contributed by atoms with Gasteiger partial charge in [-0.25, -0.2) is 0 Å². The van der Waals surface area contributed by atoms with Gasteiger partial charge in [0.15, 0.2) is 0 Å². The van der Waals surface area contributed by atoms with Crippen molar-refractivity contribution in [2.45, 2.75) is 62.3 Å². The molecule has 4 aromatic carbocycles. The average molecular weight is 679 g/mol. The first-order valence-corrected chi connectivity index (χ1v) is 18.9. The first-order chi connectivity index (χ1) is 21.5. The zero-order valence-corrected chi connectivity index (χ0v) is 29.8. The maximum atomic E-state index is 15.2. The molecule has 4 aromatic rings. The van der Waals surface area contributed by atoms with Crippen LogP contribution < -0.4 is 0 Å². The molecule has 0 aliphatic heterocycles. The quantitative estimate of drug-likeness (QED) is 0.182. The van der Waals surface area contributed by atoms with Gasteiger partial charge in [-0.1, -0.05) is 0 Å². The Morgan fingerprint density at radius 3 is 1.00 bits per heavy atom. The van der Waals surface area contributed by atoms with Gasteiger partial charge in [-0.2, -0.15) is 0 Å². The van der Waals surface area contributed by atoms with Gasteiger partial charge in [0, 0.05) is 0 Å². The van der Waals surface area contributed by atoms with Crippen LogP contribution in [0.25, 0.3) is 0 Å². The van der Waals surface area contributed by atoms with Gasteiger partial charge in [0.25, 0.3) is 0 Å². The van der Waals surface area contributed by atoms with Crippen molar-refractivity contribution >= 4 is 39.4 Å². The first kappa shape index (κ1) is 34.2. The number of benzene rings is 4. The van der Waals surface area contributed by atoms with Crippen LogP contribution in [0.2, 0.25) is 0 Å². The van der Waals surface area contributed by atoms with Crippen LogP contribution in [0.4, 0.5) is 0 Å².